The van der Waals surface area contributed by atoms with Crippen LogP contribution in [0.25, 0.3) is 73.4 Å². The number of para-hydroxylation sites is 1. The molecule has 0 amide bonds. The van der Waals surface area contributed by atoms with E-state index in [2.05, 4.69) is 239 Å². The fourth-order valence-corrected chi connectivity index (χ4v) is 14.7. The molecule has 0 saturated carbocycles. The summed E-state index contributed by atoms with van der Waals surface area (Å²) in [4.78, 5) is 5.42. The minimum absolute atomic E-state index is 0.885. The number of hydrogen-bond donors (Lipinski definition) is 0. The highest BCUT2D eigenvalue weighted by molar-refractivity contribution is 7.98. The number of aromatic nitrogens is 1. The second kappa shape index (κ2) is 28.9. The number of hydrogen-bond acceptors (Lipinski definition) is 7. The van der Waals surface area contributed by atoms with Crippen molar-refractivity contribution in [1.29, 1.82) is 0 Å². The average Bonchev–Trinajstić information content (AvgIpc) is 2.97. The quantitative estimate of drug-likeness (QED) is 0.153. The van der Waals surface area contributed by atoms with Crippen molar-refractivity contribution in [2.45, 2.75) is 127 Å². The van der Waals surface area contributed by atoms with E-state index in [0.717, 1.165) is 41.0 Å². The number of thioether (sulfide) groups is 1. The molecular weight excluding hydrogens is 1130 g/mol. The topological polar surface area (TPSA) is 48.4 Å². The third kappa shape index (κ3) is 14.6. The molecule has 1 aliphatic carbocycles. The Morgan fingerprint density at radius 2 is 0.977 bits per heavy atom. The maximum atomic E-state index is 5.79. The van der Waals surface area contributed by atoms with Crippen LogP contribution in [0.5, 0.6) is 5.75 Å². The molecule has 7 heteroatoms. The molecule has 10 aromatic carbocycles. The molecule has 448 valence electrons. The average molecular weight is 1210 g/mol. The highest BCUT2D eigenvalue weighted by Gasteiger charge is 2.13. The fraction of sp³-hybridized carbons (Fsp3) is 0.247. The van der Waals surface area contributed by atoms with Crippen LogP contribution in [0, 0.1) is 83.1 Å². The summed E-state index contributed by atoms with van der Waals surface area (Å²) in [6, 6.07) is 62.3. The van der Waals surface area contributed by atoms with Gasteiger partial charge in [-0.2, -0.15) is 0 Å². The van der Waals surface area contributed by atoms with E-state index in [1.165, 1.54) is 167 Å². The molecule has 1 aliphatic heterocycles. The van der Waals surface area contributed by atoms with Gasteiger partial charge < -0.3 is 13.6 Å². The van der Waals surface area contributed by atoms with Crippen molar-refractivity contribution >= 4 is 108 Å². The first-order valence-corrected chi connectivity index (χ1v) is 33.8. The predicted molar refractivity (Wildman–Crippen MR) is 385 cm³/mol. The van der Waals surface area contributed by atoms with Crippen molar-refractivity contribution in [3.63, 3.8) is 0 Å². The normalized spacial score (nSPS) is 12.2. The van der Waals surface area contributed by atoms with E-state index >= 15 is 0 Å². The lowest BCUT2D eigenvalue weighted by Gasteiger charge is -2.18. The van der Waals surface area contributed by atoms with Gasteiger partial charge in [0.25, 0.3) is 0 Å². The molecule has 0 bridgehead atoms. The number of oxazole rings is 1. The molecule has 0 fully saturated rings. The summed E-state index contributed by atoms with van der Waals surface area (Å²) >= 11 is 5.57. The summed E-state index contributed by atoms with van der Waals surface area (Å²) in [5, 5.41) is 8.03. The van der Waals surface area contributed by atoms with Crippen molar-refractivity contribution in [3.05, 3.63) is 266 Å². The second-order valence-corrected chi connectivity index (χ2v) is 26.7. The number of furan rings is 1. The zero-order chi connectivity index (χ0) is 62.0. The van der Waals surface area contributed by atoms with Gasteiger partial charge in [0.1, 0.15) is 22.4 Å². The number of fused-ring (bicyclic) bond motifs is 12. The van der Waals surface area contributed by atoms with Crippen LogP contribution >= 0.6 is 34.4 Å². The van der Waals surface area contributed by atoms with Crippen LogP contribution in [0.2, 0.25) is 0 Å². The summed E-state index contributed by atoms with van der Waals surface area (Å²) in [6.07, 6.45) is 11.3. The number of nitrogens with zero attached hydrogens (tertiary/aromatic N) is 1. The van der Waals surface area contributed by atoms with E-state index in [0.29, 0.717) is 0 Å². The summed E-state index contributed by atoms with van der Waals surface area (Å²) in [5.74, 6) is 1.09. The first-order chi connectivity index (χ1) is 42.6. The highest BCUT2D eigenvalue weighted by Crippen LogP contribution is 2.37. The van der Waals surface area contributed by atoms with Crippen LogP contribution in [0.15, 0.2) is 196 Å². The van der Waals surface area contributed by atoms with Gasteiger partial charge in [-0.3, -0.25) is 0 Å². The van der Waals surface area contributed by atoms with Crippen molar-refractivity contribution in [3.8, 4) is 5.75 Å². The van der Waals surface area contributed by atoms with E-state index in [9.17, 15) is 0 Å². The van der Waals surface area contributed by atoms with E-state index in [4.69, 9.17) is 13.6 Å². The standard InChI is InChI=1S/C14H12O.C14H12S.C13H10S.C11H14.C10H12O.C10H14S.C9H9NO/c2*1-9-7-12-11-5-3-4-6-13(11)15-14(12)8-10(9)2;1-9-5-4-8-12-13(9)10-6-2-3-7-11(10)14-12;1-9-5-4-7-10-6-2-3-8-11(9)10;1-8-4-2-6-10-9(8)5-3-7-11-10;1-7-5-10(11-4)6-8(2)9(7)3;1-6-3-4-8-9(7(6)2)11-5-10-8/h2*3-8H,1-2H3;2-8H,1H3;4-5,7H,2-3,6,8H2,1H3;2,4,6H,3,5,7H2,1H3;5-6H,1-4H3;3-5H,1-2H3. The van der Waals surface area contributed by atoms with Gasteiger partial charge in [-0.25, -0.2) is 4.98 Å². The van der Waals surface area contributed by atoms with Crippen LogP contribution in [0.4, 0.5) is 0 Å². The molecule has 4 nitrogen and oxygen atoms in total. The smallest absolute Gasteiger partial charge is 0.181 e. The Balaban J connectivity index is 0.000000114. The second-order valence-electron chi connectivity index (χ2n) is 23.6. The van der Waals surface area contributed by atoms with Gasteiger partial charge in [-0.05, 0) is 284 Å². The van der Waals surface area contributed by atoms with Crippen LogP contribution in [0.1, 0.15) is 103 Å². The Hall–Kier alpha value is -7.94. The first kappa shape index (κ1) is 63.1. The molecular formula is C81H83NO3S3. The molecule has 88 heavy (non-hydrogen) atoms. The van der Waals surface area contributed by atoms with Gasteiger partial charge >= 0.3 is 0 Å². The van der Waals surface area contributed by atoms with Gasteiger partial charge in [0.15, 0.2) is 12.0 Å². The molecule has 14 aromatic rings. The number of ether oxygens (including phenoxy) is 1. The lowest BCUT2D eigenvalue weighted by molar-refractivity contribution is 0.288. The number of rotatable bonds is 1. The summed E-state index contributed by atoms with van der Waals surface area (Å²) < 4.78 is 22.1. The van der Waals surface area contributed by atoms with E-state index in [-0.39, 0.29) is 0 Å². The zero-order valence-electron chi connectivity index (χ0n) is 53.7. The molecule has 0 unspecified atom stereocenters. The van der Waals surface area contributed by atoms with Gasteiger partial charge in [0.2, 0.25) is 0 Å². The molecule has 0 saturated heterocycles. The van der Waals surface area contributed by atoms with Crippen LogP contribution < -0.4 is 4.74 Å². The molecule has 0 spiro atoms. The van der Waals surface area contributed by atoms with Crippen molar-refractivity contribution in [2.24, 2.45) is 0 Å². The SMILES string of the molecule is CSc1cc(C)c(C)c(C)c1.Cc1cc2oc3ccccc3c2cc1C.Cc1cc2sc3ccccc3c2cc1C.Cc1ccc2ncoc2c1C.Cc1cccc2c1CCCC2.Cc1cccc2c1CCCO2.Cc1cccc2sc3ccccc3c12. The molecule has 0 N–H and O–H groups in total. The Morgan fingerprint density at radius 1 is 0.398 bits per heavy atom. The third-order valence-electron chi connectivity index (χ3n) is 17.6. The monoisotopic (exact) mass is 1210 g/mol. The Bertz CT molecular complexity index is 4520. The summed E-state index contributed by atoms with van der Waals surface area (Å²) in [5.41, 5.74) is 24.6. The molecule has 0 atom stereocenters. The predicted octanol–water partition coefficient (Wildman–Crippen LogP) is 24.2. The van der Waals surface area contributed by atoms with E-state index in [1.54, 1.807) is 22.9 Å². The lowest BCUT2D eigenvalue weighted by atomic mass is 9.89. The van der Waals surface area contributed by atoms with Crippen LogP contribution in [-0.2, 0) is 19.3 Å². The lowest BCUT2D eigenvalue weighted by Crippen LogP contribution is -2.09. The summed E-state index contributed by atoms with van der Waals surface area (Å²) in [6.45, 7) is 26.7. The minimum atomic E-state index is 0.885. The van der Waals surface area contributed by atoms with Gasteiger partial charge in [-0.1, -0.05) is 103 Å². The van der Waals surface area contributed by atoms with Gasteiger partial charge in [0.05, 0.1) is 6.61 Å². The molecule has 2 aliphatic rings. The van der Waals surface area contributed by atoms with Crippen molar-refractivity contribution < 1.29 is 13.6 Å². The Kier molecular flexibility index (Phi) is 20.7. The third-order valence-corrected chi connectivity index (χ3v) is 20.6. The summed E-state index contributed by atoms with van der Waals surface area (Å²) in [7, 11) is 0. The van der Waals surface area contributed by atoms with Crippen LogP contribution in [0.3, 0.4) is 0 Å². The molecule has 16 rings (SSSR count). The first-order valence-electron chi connectivity index (χ1n) is 30.9. The maximum absolute atomic E-state index is 5.79. The Labute approximate surface area is 533 Å². The van der Waals surface area contributed by atoms with Gasteiger partial charge in [0, 0.05) is 56.0 Å². The number of thiophene rings is 2. The minimum Gasteiger partial charge on any atom is -0.493 e. The maximum Gasteiger partial charge on any atom is 0.181 e. The van der Waals surface area contributed by atoms with Crippen LogP contribution in [-0.4, -0.2) is 17.8 Å². The highest BCUT2D eigenvalue weighted by atomic mass is 32.2. The van der Waals surface area contributed by atoms with E-state index in [1.807, 2.05) is 53.9 Å². The molecule has 4 aromatic heterocycles. The number of aryl methyl sites for hydroxylation is 12. The fourth-order valence-electron chi connectivity index (χ4n) is 11.7. The van der Waals surface area contributed by atoms with Gasteiger partial charge in [-0.15, -0.1) is 34.4 Å². The Morgan fingerprint density at radius 3 is 1.70 bits per heavy atom. The van der Waals surface area contributed by atoms with E-state index < -0.39 is 0 Å². The molecule has 0 radical (unpaired) electrons. The largest absolute Gasteiger partial charge is 0.493 e. The van der Waals surface area contributed by atoms with Crippen molar-refractivity contribution in [1.82, 2.24) is 4.98 Å². The zero-order valence-corrected chi connectivity index (χ0v) is 56.1. The van der Waals surface area contributed by atoms with Crippen molar-refractivity contribution in [2.75, 3.05) is 12.9 Å². The molecule has 5 heterocycles. The number of benzene rings is 10.